The lowest BCUT2D eigenvalue weighted by atomic mass is 9.88. The third-order valence-corrected chi connectivity index (χ3v) is 5.27. The first-order valence-corrected chi connectivity index (χ1v) is 8.56. The summed E-state index contributed by atoms with van der Waals surface area (Å²) in [5, 5.41) is 2.95. The lowest BCUT2D eigenvalue weighted by molar-refractivity contribution is -0.139. The lowest BCUT2D eigenvalue weighted by Crippen LogP contribution is -2.67. The monoisotopic (exact) mass is 367 g/mol. The first-order chi connectivity index (χ1) is 12.3. The minimum absolute atomic E-state index is 0.0188. The van der Waals surface area contributed by atoms with Crippen LogP contribution in [0.1, 0.15) is 24.6 Å². The predicted molar refractivity (Wildman–Crippen MR) is 87.7 cm³/mol. The van der Waals surface area contributed by atoms with Gasteiger partial charge < -0.3 is 15.0 Å². The topological polar surface area (TPSA) is 44.8 Å². The molecule has 0 radical (unpaired) electrons. The van der Waals surface area contributed by atoms with Crippen molar-refractivity contribution in [3.63, 3.8) is 0 Å². The molecule has 1 amide bonds. The molecule has 0 aliphatic carbocycles. The van der Waals surface area contributed by atoms with E-state index in [1.165, 1.54) is 0 Å². The van der Waals surface area contributed by atoms with Crippen LogP contribution < -0.4 is 5.32 Å². The minimum atomic E-state index is -4.54. The lowest BCUT2D eigenvalue weighted by Gasteiger charge is -2.48. The summed E-state index contributed by atoms with van der Waals surface area (Å²) in [5.41, 5.74) is 0.549. The van der Waals surface area contributed by atoms with Gasteiger partial charge in [-0.25, -0.2) is 0 Å². The summed E-state index contributed by atoms with van der Waals surface area (Å²) < 4.78 is 45.8. The van der Waals surface area contributed by atoms with E-state index in [0.29, 0.717) is 25.1 Å². The van der Waals surface area contributed by atoms with E-state index in [2.05, 4.69) is 5.32 Å². The second-order valence-electron chi connectivity index (χ2n) is 7.24. The van der Waals surface area contributed by atoms with Gasteiger partial charge in [0.05, 0.1) is 11.2 Å². The maximum atomic E-state index is 13.5. The van der Waals surface area contributed by atoms with Gasteiger partial charge in [0.25, 0.3) is 0 Å². The van der Waals surface area contributed by atoms with Crippen molar-refractivity contribution >= 4 is 5.91 Å². The maximum Gasteiger partial charge on any atom is 0.450 e. The zero-order valence-corrected chi connectivity index (χ0v) is 14.3. The second-order valence-corrected chi connectivity index (χ2v) is 7.24. The predicted octanol–water partition coefficient (Wildman–Crippen LogP) is 2.39. The molecule has 2 saturated heterocycles. The van der Waals surface area contributed by atoms with Gasteiger partial charge in [-0.2, -0.15) is 13.2 Å². The molecule has 140 valence electrons. The molecule has 2 fully saturated rings. The summed E-state index contributed by atoms with van der Waals surface area (Å²) in [7, 11) is 1.62. The fourth-order valence-electron chi connectivity index (χ4n) is 4.03. The molecule has 26 heavy (non-hydrogen) atoms. The van der Waals surface area contributed by atoms with E-state index >= 15 is 0 Å². The molecule has 1 N–H and O–H groups in total. The number of allylic oxidation sites excluding steroid dienone is 1. The summed E-state index contributed by atoms with van der Waals surface area (Å²) in [6, 6.07) is 8.88. The Morgan fingerprint density at radius 3 is 2.54 bits per heavy atom. The number of halogens is 3. The number of ether oxygens (including phenoxy) is 1. The Balaban J connectivity index is 1.51. The molecular formula is C18H20F3N3O2. The third-order valence-electron chi connectivity index (χ3n) is 5.27. The largest absolute Gasteiger partial charge is 0.459 e. The van der Waals surface area contributed by atoms with Gasteiger partial charge in [-0.15, -0.1) is 0 Å². The standard InChI is InChI=1S/C18H20F3N3O2/c1-23-13(9-24-10-17(11-24)8-7-14(25)22-17)15(18(19,20)21)26-16(23)12-5-3-2-4-6-12/h2-6,16H,7-11H2,1H3,(H,22,25). The summed E-state index contributed by atoms with van der Waals surface area (Å²) in [6.45, 7) is 1.28. The fourth-order valence-corrected chi connectivity index (χ4v) is 4.03. The highest BCUT2D eigenvalue weighted by Crippen LogP contribution is 2.43. The van der Waals surface area contributed by atoms with Gasteiger partial charge in [-0.3, -0.25) is 9.69 Å². The Morgan fingerprint density at radius 2 is 1.96 bits per heavy atom. The Labute approximate surface area is 149 Å². The SMILES string of the molecule is CN1C(CN2CC3(CCC(=O)N3)C2)=C(C(F)(F)F)OC1c1ccccc1. The number of hydrogen-bond donors (Lipinski definition) is 1. The van der Waals surface area contributed by atoms with E-state index in [4.69, 9.17) is 4.74 Å². The van der Waals surface area contributed by atoms with E-state index in [1.54, 1.807) is 36.2 Å². The van der Waals surface area contributed by atoms with Crippen molar-refractivity contribution in [3.05, 3.63) is 47.4 Å². The zero-order chi connectivity index (χ0) is 18.5. The van der Waals surface area contributed by atoms with Crippen molar-refractivity contribution in [2.24, 2.45) is 0 Å². The molecule has 1 atom stereocenters. The quantitative estimate of drug-likeness (QED) is 0.891. The van der Waals surface area contributed by atoms with Gasteiger partial charge in [-0.1, -0.05) is 30.3 Å². The molecule has 3 aliphatic heterocycles. The molecule has 1 unspecified atom stereocenters. The van der Waals surface area contributed by atoms with E-state index < -0.39 is 18.2 Å². The van der Waals surface area contributed by atoms with Crippen molar-refractivity contribution in [1.29, 1.82) is 0 Å². The third kappa shape index (κ3) is 2.92. The van der Waals surface area contributed by atoms with Crippen LogP contribution >= 0.6 is 0 Å². The minimum Gasteiger partial charge on any atom is -0.459 e. The van der Waals surface area contributed by atoms with Crippen LogP contribution in [0.3, 0.4) is 0 Å². The molecule has 3 heterocycles. The number of nitrogens with zero attached hydrogens (tertiary/aromatic N) is 2. The number of likely N-dealkylation sites (tertiary alicyclic amines) is 1. The van der Waals surface area contributed by atoms with Crippen molar-refractivity contribution in [1.82, 2.24) is 15.1 Å². The molecule has 1 aromatic rings. The Kier molecular flexibility index (Phi) is 3.91. The number of alkyl halides is 3. The number of hydrogen-bond acceptors (Lipinski definition) is 4. The summed E-state index contributed by atoms with van der Waals surface area (Å²) >= 11 is 0. The summed E-state index contributed by atoms with van der Waals surface area (Å²) in [6.07, 6.45) is -4.10. The van der Waals surface area contributed by atoms with Crippen molar-refractivity contribution in [2.45, 2.75) is 30.8 Å². The molecule has 0 bridgehead atoms. The Bertz CT molecular complexity index is 742. The molecule has 3 aliphatic rings. The summed E-state index contributed by atoms with van der Waals surface area (Å²) in [5.74, 6) is -0.907. The molecule has 4 rings (SSSR count). The average Bonchev–Trinajstić information content (AvgIpc) is 3.09. The van der Waals surface area contributed by atoms with Crippen molar-refractivity contribution < 1.29 is 22.7 Å². The van der Waals surface area contributed by atoms with Crippen molar-refractivity contribution in [3.8, 4) is 0 Å². The van der Waals surface area contributed by atoms with Crippen LogP contribution in [0, 0.1) is 0 Å². The van der Waals surface area contributed by atoms with Gasteiger partial charge in [0, 0.05) is 38.7 Å². The van der Waals surface area contributed by atoms with Gasteiger partial charge in [0.15, 0.2) is 6.23 Å². The van der Waals surface area contributed by atoms with E-state index in [0.717, 1.165) is 6.42 Å². The second kappa shape index (κ2) is 5.90. The first-order valence-electron chi connectivity index (χ1n) is 8.56. The van der Waals surface area contributed by atoms with Gasteiger partial charge in [0.1, 0.15) is 0 Å². The van der Waals surface area contributed by atoms with Crippen LogP contribution in [0.25, 0.3) is 0 Å². The zero-order valence-electron chi connectivity index (χ0n) is 14.3. The Hall–Kier alpha value is -2.22. The first kappa shape index (κ1) is 17.2. The molecule has 5 nitrogen and oxygen atoms in total. The van der Waals surface area contributed by atoms with Crippen LogP contribution in [0.15, 0.2) is 41.8 Å². The highest BCUT2D eigenvalue weighted by atomic mass is 19.4. The van der Waals surface area contributed by atoms with Gasteiger partial charge in [-0.05, 0) is 6.42 Å². The number of amides is 1. The van der Waals surface area contributed by atoms with Crippen LogP contribution in [0.4, 0.5) is 13.2 Å². The Morgan fingerprint density at radius 1 is 1.27 bits per heavy atom. The summed E-state index contributed by atoms with van der Waals surface area (Å²) in [4.78, 5) is 14.9. The van der Waals surface area contributed by atoms with Crippen LogP contribution in [-0.2, 0) is 9.53 Å². The van der Waals surface area contributed by atoms with Gasteiger partial charge in [0.2, 0.25) is 11.7 Å². The van der Waals surface area contributed by atoms with Crippen LogP contribution in [0.2, 0.25) is 0 Å². The molecular weight excluding hydrogens is 347 g/mol. The average molecular weight is 367 g/mol. The maximum absolute atomic E-state index is 13.5. The van der Waals surface area contributed by atoms with Crippen LogP contribution in [0.5, 0.6) is 0 Å². The molecule has 1 aromatic carbocycles. The fraction of sp³-hybridized carbons (Fsp3) is 0.500. The smallest absolute Gasteiger partial charge is 0.450 e. The number of rotatable bonds is 3. The number of carbonyl (C=O) groups is 1. The van der Waals surface area contributed by atoms with E-state index in [9.17, 15) is 18.0 Å². The normalized spacial score (nSPS) is 25.5. The van der Waals surface area contributed by atoms with Crippen LogP contribution in [-0.4, -0.2) is 54.1 Å². The number of likely N-dealkylation sites (N-methyl/N-ethyl adjacent to an activating group) is 1. The molecule has 8 heteroatoms. The molecule has 1 spiro atoms. The molecule has 0 aromatic heterocycles. The molecule has 0 saturated carbocycles. The highest BCUT2D eigenvalue weighted by Gasteiger charge is 2.51. The number of benzene rings is 1. The number of carbonyl (C=O) groups excluding carboxylic acids is 1. The highest BCUT2D eigenvalue weighted by molar-refractivity contribution is 5.79. The van der Waals surface area contributed by atoms with E-state index in [1.807, 2.05) is 11.0 Å². The van der Waals surface area contributed by atoms with Gasteiger partial charge >= 0.3 is 6.18 Å². The number of nitrogens with one attached hydrogen (secondary N) is 1. The van der Waals surface area contributed by atoms with E-state index in [-0.39, 0.29) is 23.7 Å². The van der Waals surface area contributed by atoms with Crippen molar-refractivity contribution in [2.75, 3.05) is 26.7 Å².